The lowest BCUT2D eigenvalue weighted by molar-refractivity contribution is 0.0548. The van der Waals surface area contributed by atoms with Gasteiger partial charge in [0, 0.05) is 0 Å². The van der Waals surface area contributed by atoms with Gasteiger partial charge in [0.05, 0.1) is 0 Å². The van der Waals surface area contributed by atoms with Crippen molar-refractivity contribution in [3.05, 3.63) is 0 Å². The predicted octanol–water partition coefficient (Wildman–Crippen LogP) is 4.21. The number of carboxylic acid groups (broad SMARTS) is 1. The van der Waals surface area contributed by atoms with Crippen LogP contribution in [0.2, 0.25) is 0 Å². The zero-order valence-electron chi connectivity index (χ0n) is 10.00. The van der Waals surface area contributed by atoms with Crippen molar-refractivity contribution in [3.63, 3.8) is 0 Å². The van der Waals surface area contributed by atoms with Gasteiger partial charge in [-0.05, 0) is 19.8 Å². The molecule has 90 valence electrons. The van der Waals surface area contributed by atoms with Gasteiger partial charge in [0.2, 0.25) is 0 Å². The first-order valence-electron chi connectivity index (χ1n) is 6.06. The van der Waals surface area contributed by atoms with Crippen LogP contribution in [0.5, 0.6) is 0 Å². The summed E-state index contributed by atoms with van der Waals surface area (Å²) < 4.78 is 4.61. The second-order valence-corrected chi connectivity index (χ2v) is 4.10. The second kappa shape index (κ2) is 9.81. The number of hydrogen-bond donors (Lipinski definition) is 1. The quantitative estimate of drug-likeness (QED) is 0.464. The third-order valence-electron chi connectivity index (χ3n) is 2.52. The van der Waals surface area contributed by atoms with Gasteiger partial charge in [0.25, 0.3) is 0 Å². The van der Waals surface area contributed by atoms with Crippen LogP contribution < -0.4 is 0 Å². The summed E-state index contributed by atoms with van der Waals surface area (Å²) >= 11 is 0. The van der Waals surface area contributed by atoms with Crippen molar-refractivity contribution in [1.29, 1.82) is 0 Å². The Morgan fingerprint density at radius 1 is 1.13 bits per heavy atom. The summed E-state index contributed by atoms with van der Waals surface area (Å²) in [5, 5.41) is 8.36. The molecule has 0 fully saturated rings. The third kappa shape index (κ3) is 11.2. The fourth-order valence-electron chi connectivity index (χ4n) is 1.62. The topological polar surface area (TPSA) is 46.5 Å². The molecule has 1 atom stereocenters. The van der Waals surface area contributed by atoms with E-state index < -0.39 is 6.16 Å². The zero-order chi connectivity index (χ0) is 11.5. The first-order chi connectivity index (χ1) is 7.16. The lowest BCUT2D eigenvalue weighted by Crippen LogP contribution is -2.12. The molecule has 1 unspecified atom stereocenters. The van der Waals surface area contributed by atoms with Crippen molar-refractivity contribution in [1.82, 2.24) is 0 Å². The summed E-state index contributed by atoms with van der Waals surface area (Å²) in [6, 6.07) is 0. The van der Waals surface area contributed by atoms with Gasteiger partial charge in [-0.25, -0.2) is 4.79 Å². The molecule has 0 aromatic heterocycles. The summed E-state index contributed by atoms with van der Waals surface area (Å²) in [5.41, 5.74) is 0. The molecule has 0 saturated heterocycles. The van der Waals surface area contributed by atoms with E-state index in [9.17, 15) is 4.79 Å². The molecular weight excluding hydrogens is 192 g/mol. The van der Waals surface area contributed by atoms with E-state index in [1.807, 2.05) is 6.92 Å². The molecular formula is C12H24O3. The lowest BCUT2D eigenvalue weighted by Gasteiger charge is -2.09. The van der Waals surface area contributed by atoms with Crippen LogP contribution in [0, 0.1) is 0 Å². The monoisotopic (exact) mass is 216 g/mol. The fourth-order valence-corrected chi connectivity index (χ4v) is 1.62. The molecule has 0 aliphatic carbocycles. The Kier molecular flexibility index (Phi) is 9.33. The highest BCUT2D eigenvalue weighted by Crippen LogP contribution is 2.10. The maximum Gasteiger partial charge on any atom is 0.506 e. The molecule has 15 heavy (non-hydrogen) atoms. The van der Waals surface area contributed by atoms with E-state index in [0.717, 1.165) is 12.8 Å². The summed E-state index contributed by atoms with van der Waals surface area (Å²) in [7, 11) is 0. The number of carbonyl (C=O) groups is 1. The molecule has 0 bridgehead atoms. The van der Waals surface area contributed by atoms with E-state index in [1.54, 1.807) is 0 Å². The Balaban J connectivity index is 3.13. The average Bonchev–Trinajstić information content (AvgIpc) is 2.15. The molecule has 0 aliphatic heterocycles. The molecule has 0 spiro atoms. The minimum absolute atomic E-state index is 0.154. The minimum atomic E-state index is -1.16. The van der Waals surface area contributed by atoms with Crippen molar-refractivity contribution in [2.75, 3.05) is 0 Å². The van der Waals surface area contributed by atoms with E-state index in [2.05, 4.69) is 11.7 Å². The van der Waals surface area contributed by atoms with E-state index in [1.165, 1.54) is 38.5 Å². The van der Waals surface area contributed by atoms with Gasteiger partial charge in [-0.3, -0.25) is 0 Å². The molecule has 0 saturated carbocycles. The number of ether oxygens (including phenoxy) is 1. The average molecular weight is 216 g/mol. The number of rotatable bonds is 9. The first kappa shape index (κ1) is 14.3. The van der Waals surface area contributed by atoms with E-state index in [0.29, 0.717) is 0 Å². The van der Waals surface area contributed by atoms with Crippen LogP contribution in [0.25, 0.3) is 0 Å². The van der Waals surface area contributed by atoms with E-state index in [-0.39, 0.29) is 6.10 Å². The third-order valence-corrected chi connectivity index (χ3v) is 2.52. The van der Waals surface area contributed by atoms with Crippen LogP contribution in [-0.2, 0) is 4.74 Å². The maximum atomic E-state index is 10.2. The summed E-state index contributed by atoms with van der Waals surface area (Å²) in [6.45, 7) is 4.02. The Morgan fingerprint density at radius 3 is 2.20 bits per heavy atom. The van der Waals surface area contributed by atoms with Crippen molar-refractivity contribution >= 4 is 6.16 Å². The molecule has 0 radical (unpaired) electrons. The van der Waals surface area contributed by atoms with Gasteiger partial charge in [-0.2, -0.15) is 0 Å². The molecule has 0 amide bonds. The van der Waals surface area contributed by atoms with Crippen LogP contribution in [0.1, 0.15) is 65.2 Å². The summed E-state index contributed by atoms with van der Waals surface area (Å²) in [5.74, 6) is 0. The molecule has 0 aliphatic rings. The highest BCUT2D eigenvalue weighted by Gasteiger charge is 2.06. The van der Waals surface area contributed by atoms with Crippen molar-refractivity contribution in [3.8, 4) is 0 Å². The Morgan fingerprint density at radius 2 is 1.67 bits per heavy atom. The van der Waals surface area contributed by atoms with Crippen LogP contribution in [0.15, 0.2) is 0 Å². The SMILES string of the molecule is CCCCCCCCCC(C)OC(=O)O. The number of hydrogen-bond acceptors (Lipinski definition) is 2. The molecule has 0 heterocycles. The molecule has 3 heteroatoms. The number of unbranched alkanes of at least 4 members (excludes halogenated alkanes) is 6. The van der Waals surface area contributed by atoms with Crippen molar-refractivity contribution in [2.45, 2.75) is 71.3 Å². The van der Waals surface area contributed by atoms with Crippen LogP contribution in [-0.4, -0.2) is 17.4 Å². The molecule has 0 aromatic rings. The molecule has 0 aromatic carbocycles. The van der Waals surface area contributed by atoms with Crippen LogP contribution in [0.3, 0.4) is 0 Å². The van der Waals surface area contributed by atoms with Gasteiger partial charge >= 0.3 is 6.16 Å². The normalized spacial score (nSPS) is 12.4. The van der Waals surface area contributed by atoms with E-state index >= 15 is 0 Å². The highest BCUT2D eigenvalue weighted by molar-refractivity contribution is 5.56. The summed E-state index contributed by atoms with van der Waals surface area (Å²) in [6.07, 6.45) is 8.31. The Labute approximate surface area is 92.8 Å². The second-order valence-electron chi connectivity index (χ2n) is 4.10. The minimum Gasteiger partial charge on any atom is -0.450 e. The Hall–Kier alpha value is -0.730. The van der Waals surface area contributed by atoms with Crippen LogP contribution >= 0.6 is 0 Å². The van der Waals surface area contributed by atoms with Gasteiger partial charge in [0.15, 0.2) is 0 Å². The van der Waals surface area contributed by atoms with Crippen molar-refractivity contribution < 1.29 is 14.6 Å². The summed E-state index contributed by atoms with van der Waals surface area (Å²) in [4.78, 5) is 10.2. The predicted molar refractivity (Wildman–Crippen MR) is 61.2 cm³/mol. The smallest absolute Gasteiger partial charge is 0.450 e. The zero-order valence-corrected chi connectivity index (χ0v) is 10.00. The largest absolute Gasteiger partial charge is 0.506 e. The van der Waals surface area contributed by atoms with Gasteiger partial charge < -0.3 is 9.84 Å². The maximum absolute atomic E-state index is 10.2. The van der Waals surface area contributed by atoms with Gasteiger partial charge in [-0.15, -0.1) is 0 Å². The van der Waals surface area contributed by atoms with E-state index in [4.69, 9.17) is 5.11 Å². The van der Waals surface area contributed by atoms with Gasteiger partial charge in [0.1, 0.15) is 6.10 Å². The lowest BCUT2D eigenvalue weighted by atomic mass is 10.1. The molecule has 1 N–H and O–H groups in total. The standard InChI is InChI=1S/C12H24O3/c1-3-4-5-6-7-8-9-10-11(2)15-12(13)14/h11H,3-10H2,1-2H3,(H,13,14). The Bertz CT molecular complexity index is 157. The highest BCUT2D eigenvalue weighted by atomic mass is 16.7. The van der Waals surface area contributed by atoms with Crippen LogP contribution in [0.4, 0.5) is 4.79 Å². The fraction of sp³-hybridized carbons (Fsp3) is 0.917. The van der Waals surface area contributed by atoms with Crippen molar-refractivity contribution in [2.24, 2.45) is 0 Å². The first-order valence-corrected chi connectivity index (χ1v) is 6.06. The molecule has 3 nitrogen and oxygen atoms in total. The van der Waals surface area contributed by atoms with Gasteiger partial charge in [-0.1, -0.05) is 45.4 Å². The molecule has 0 rings (SSSR count).